The van der Waals surface area contributed by atoms with Crippen LogP contribution in [0, 0.1) is 13.8 Å². The van der Waals surface area contributed by atoms with E-state index in [-0.39, 0.29) is 0 Å². The second-order valence-corrected chi connectivity index (χ2v) is 6.29. The van der Waals surface area contributed by atoms with E-state index in [0.29, 0.717) is 27.8 Å². The molecule has 8 heteroatoms. The average Bonchev–Trinajstić information content (AvgIpc) is 2.75. The van der Waals surface area contributed by atoms with Crippen LogP contribution in [0.25, 0.3) is 0 Å². The number of halogens is 1. The largest absolute Gasteiger partial charge is 0.466 e. The number of rotatable bonds is 2. The van der Waals surface area contributed by atoms with Crippen LogP contribution in [0.5, 0.6) is 5.75 Å². The maximum absolute atomic E-state index is 12.7. The molecule has 0 radical (unpaired) electrons. The average molecular weight is 349 g/mol. The summed E-state index contributed by atoms with van der Waals surface area (Å²) in [6.45, 7) is 5.04. The minimum absolute atomic E-state index is 0.385. The Bertz CT molecular complexity index is 861. The highest BCUT2D eigenvalue weighted by molar-refractivity contribution is 6.31. The molecule has 0 fully saturated rings. The molecule has 126 valence electrons. The van der Waals surface area contributed by atoms with E-state index in [2.05, 4.69) is 15.7 Å². The van der Waals surface area contributed by atoms with E-state index in [1.54, 1.807) is 36.9 Å². The predicted molar refractivity (Wildman–Crippen MR) is 90.4 cm³/mol. The number of fused-ring (bicyclic) bond motifs is 1. The van der Waals surface area contributed by atoms with Crippen molar-refractivity contribution in [3.8, 4) is 5.75 Å². The minimum Gasteiger partial charge on any atom is -0.466 e. The van der Waals surface area contributed by atoms with Crippen LogP contribution in [0.15, 0.2) is 18.2 Å². The van der Waals surface area contributed by atoms with E-state index >= 15 is 0 Å². The van der Waals surface area contributed by atoms with Gasteiger partial charge in [0.1, 0.15) is 5.75 Å². The van der Waals surface area contributed by atoms with E-state index in [1.165, 1.54) is 6.92 Å². The summed E-state index contributed by atoms with van der Waals surface area (Å²) >= 11 is 5.91. The lowest BCUT2D eigenvalue weighted by molar-refractivity contribution is -0.143. The van der Waals surface area contributed by atoms with Crippen LogP contribution < -0.4 is 15.4 Å². The number of nitrogens with zero attached hydrogens (tertiary/aromatic N) is 2. The number of carbonyl (C=O) groups is 2. The molecule has 7 nitrogen and oxygen atoms in total. The number of hydrogen-bond donors (Lipinski definition) is 2. The lowest BCUT2D eigenvalue weighted by Crippen LogP contribution is -2.56. The monoisotopic (exact) mass is 348 g/mol. The number of aromatic nitrogens is 2. The van der Waals surface area contributed by atoms with Crippen molar-refractivity contribution in [2.75, 3.05) is 10.6 Å². The summed E-state index contributed by atoms with van der Waals surface area (Å²) in [6.07, 6.45) is 0. The zero-order valence-electron chi connectivity index (χ0n) is 13.7. The Morgan fingerprint density at radius 2 is 2.12 bits per heavy atom. The number of hydrogen-bond acceptors (Lipinski definition) is 4. The van der Waals surface area contributed by atoms with Crippen molar-refractivity contribution < 1.29 is 14.3 Å². The fourth-order valence-electron chi connectivity index (χ4n) is 2.53. The molecule has 1 aliphatic rings. The Morgan fingerprint density at radius 3 is 2.75 bits per heavy atom. The van der Waals surface area contributed by atoms with Crippen LogP contribution in [-0.2, 0) is 16.6 Å². The molecule has 0 saturated carbocycles. The van der Waals surface area contributed by atoms with E-state index in [4.69, 9.17) is 16.3 Å². The molecule has 3 rings (SSSR count). The maximum Gasteiger partial charge on any atom is 0.278 e. The van der Waals surface area contributed by atoms with Gasteiger partial charge in [-0.1, -0.05) is 11.6 Å². The molecular weight excluding hydrogens is 332 g/mol. The lowest BCUT2D eigenvalue weighted by atomic mass is 10.0. The van der Waals surface area contributed by atoms with Gasteiger partial charge in [0.05, 0.1) is 22.8 Å². The second-order valence-electron chi connectivity index (χ2n) is 5.85. The number of ether oxygens (including phenoxy) is 1. The molecule has 0 spiro atoms. The highest BCUT2D eigenvalue weighted by Crippen LogP contribution is 2.36. The van der Waals surface area contributed by atoms with Crippen LogP contribution in [-0.4, -0.2) is 27.2 Å². The van der Waals surface area contributed by atoms with Crippen molar-refractivity contribution in [1.29, 1.82) is 0 Å². The molecule has 1 unspecified atom stereocenters. The zero-order valence-corrected chi connectivity index (χ0v) is 14.5. The van der Waals surface area contributed by atoms with Crippen molar-refractivity contribution in [3.05, 3.63) is 34.6 Å². The van der Waals surface area contributed by atoms with Gasteiger partial charge in [-0.15, -0.1) is 0 Å². The standard InChI is InChI=1S/C16H17ClN4O3/c1-8-13(9(2)21(4)20-8)19-15(23)16(3)14(22)18-11-7-10(17)5-6-12(11)24-16/h5-7H,1-4H3,(H,18,22)(H,19,23). The fourth-order valence-corrected chi connectivity index (χ4v) is 2.71. The normalized spacial score (nSPS) is 19.3. The predicted octanol–water partition coefficient (Wildman–Crippen LogP) is 2.42. The maximum atomic E-state index is 12.7. The van der Waals surface area contributed by atoms with E-state index in [9.17, 15) is 9.59 Å². The van der Waals surface area contributed by atoms with Crippen LogP contribution in [0.2, 0.25) is 5.02 Å². The van der Waals surface area contributed by atoms with Gasteiger partial charge in [0, 0.05) is 12.1 Å². The molecule has 1 atom stereocenters. The van der Waals surface area contributed by atoms with Crippen molar-refractivity contribution in [3.63, 3.8) is 0 Å². The number of carbonyl (C=O) groups excluding carboxylic acids is 2. The molecule has 2 N–H and O–H groups in total. The number of aryl methyl sites for hydroxylation is 2. The molecule has 2 heterocycles. The second kappa shape index (κ2) is 5.52. The summed E-state index contributed by atoms with van der Waals surface area (Å²) in [6, 6.07) is 4.82. The molecule has 1 aromatic carbocycles. The van der Waals surface area contributed by atoms with Gasteiger partial charge in [-0.3, -0.25) is 14.3 Å². The first-order valence-corrected chi connectivity index (χ1v) is 7.72. The van der Waals surface area contributed by atoms with Gasteiger partial charge in [-0.2, -0.15) is 5.10 Å². The van der Waals surface area contributed by atoms with Crippen LogP contribution in [0.3, 0.4) is 0 Å². The molecule has 2 amide bonds. The van der Waals surface area contributed by atoms with Crippen molar-refractivity contribution >= 4 is 34.8 Å². The summed E-state index contributed by atoms with van der Waals surface area (Å²) in [5.41, 5.74) is 0.756. The Kier molecular flexibility index (Phi) is 3.76. The lowest BCUT2D eigenvalue weighted by Gasteiger charge is -2.33. The first-order valence-electron chi connectivity index (χ1n) is 7.34. The fraction of sp³-hybridized carbons (Fsp3) is 0.312. The third-order valence-electron chi connectivity index (χ3n) is 4.12. The van der Waals surface area contributed by atoms with Gasteiger partial charge in [-0.05, 0) is 39.0 Å². The quantitative estimate of drug-likeness (QED) is 0.816. The van der Waals surface area contributed by atoms with Gasteiger partial charge in [0.25, 0.3) is 17.4 Å². The van der Waals surface area contributed by atoms with Crippen molar-refractivity contribution in [2.45, 2.75) is 26.4 Å². The SMILES string of the molecule is Cc1nn(C)c(C)c1NC(=O)C1(C)Oc2ccc(Cl)cc2NC1=O. The molecule has 2 aromatic rings. The van der Waals surface area contributed by atoms with Gasteiger partial charge in [-0.25, -0.2) is 0 Å². The highest BCUT2D eigenvalue weighted by atomic mass is 35.5. The first-order chi connectivity index (χ1) is 11.2. The highest BCUT2D eigenvalue weighted by Gasteiger charge is 2.47. The third-order valence-corrected chi connectivity index (χ3v) is 4.35. The third kappa shape index (κ3) is 2.50. The topological polar surface area (TPSA) is 85.2 Å². The molecule has 1 aromatic heterocycles. The molecule has 0 aliphatic carbocycles. The van der Waals surface area contributed by atoms with Gasteiger partial charge < -0.3 is 15.4 Å². The van der Waals surface area contributed by atoms with E-state index in [1.807, 2.05) is 6.92 Å². The molecule has 0 bridgehead atoms. The Labute approximate surface area is 143 Å². The molecular formula is C16H17ClN4O3. The van der Waals surface area contributed by atoms with Gasteiger partial charge >= 0.3 is 0 Å². The Balaban J connectivity index is 1.91. The van der Waals surface area contributed by atoms with E-state index < -0.39 is 17.4 Å². The summed E-state index contributed by atoms with van der Waals surface area (Å²) in [7, 11) is 1.78. The first kappa shape index (κ1) is 16.3. The Morgan fingerprint density at radius 1 is 1.42 bits per heavy atom. The number of nitrogens with one attached hydrogen (secondary N) is 2. The molecule has 24 heavy (non-hydrogen) atoms. The Hall–Kier alpha value is -2.54. The number of anilines is 2. The summed E-state index contributed by atoms with van der Waals surface area (Å²) in [5.74, 6) is -0.745. The van der Waals surface area contributed by atoms with Crippen LogP contribution in [0.1, 0.15) is 18.3 Å². The van der Waals surface area contributed by atoms with Gasteiger partial charge in [0.15, 0.2) is 0 Å². The number of amides is 2. The van der Waals surface area contributed by atoms with Crippen molar-refractivity contribution in [2.24, 2.45) is 7.05 Å². The van der Waals surface area contributed by atoms with Crippen LogP contribution >= 0.6 is 11.6 Å². The van der Waals surface area contributed by atoms with Crippen LogP contribution in [0.4, 0.5) is 11.4 Å². The minimum atomic E-state index is -1.70. The zero-order chi connectivity index (χ0) is 17.6. The smallest absolute Gasteiger partial charge is 0.278 e. The van der Waals surface area contributed by atoms with Crippen molar-refractivity contribution in [1.82, 2.24) is 9.78 Å². The summed E-state index contributed by atoms with van der Waals surface area (Å²) < 4.78 is 7.36. The van der Waals surface area contributed by atoms with E-state index in [0.717, 1.165) is 5.69 Å². The molecule has 1 aliphatic heterocycles. The summed E-state index contributed by atoms with van der Waals surface area (Å²) in [4.78, 5) is 25.2. The number of benzene rings is 1. The van der Waals surface area contributed by atoms with Gasteiger partial charge in [0.2, 0.25) is 0 Å². The summed E-state index contributed by atoms with van der Waals surface area (Å²) in [5, 5.41) is 10.1. The molecule has 0 saturated heterocycles.